The molecule has 2 aromatic carbocycles. The predicted molar refractivity (Wildman–Crippen MR) is 133 cm³/mol. The predicted octanol–water partition coefficient (Wildman–Crippen LogP) is 3.96. The van der Waals surface area contributed by atoms with Gasteiger partial charge in [0.05, 0.1) is 31.4 Å². The molecule has 34 heavy (non-hydrogen) atoms. The van der Waals surface area contributed by atoms with Crippen LogP contribution in [0, 0.1) is 11.7 Å². The standard InChI is InChI=1S/C25H29ClFN3O3S/c1-17(24(31)28-9-4-10-29-11-13-33-14-12-29)23-25(32)30(21-5-2-3-6-22(21)34-23)16-18-7-8-19(27)15-20(18)26/h2-3,5-8,15,17,23H,4,9-14,16H2,1H3,(H,28,31)/t17-,23-/m1/s1. The summed E-state index contributed by atoms with van der Waals surface area (Å²) in [6, 6.07) is 11.8. The lowest BCUT2D eigenvalue weighted by atomic mass is 10.0. The van der Waals surface area contributed by atoms with Crippen LogP contribution < -0.4 is 10.2 Å². The number of amides is 2. The van der Waals surface area contributed by atoms with Crippen LogP contribution in [0.5, 0.6) is 0 Å². The molecule has 9 heteroatoms. The maximum absolute atomic E-state index is 13.5. The van der Waals surface area contributed by atoms with Gasteiger partial charge in [0.15, 0.2) is 0 Å². The molecule has 0 spiro atoms. The number of carbonyl (C=O) groups is 2. The van der Waals surface area contributed by atoms with Crippen LogP contribution in [-0.2, 0) is 20.9 Å². The van der Waals surface area contributed by atoms with Crippen molar-refractivity contribution in [3.05, 3.63) is 58.9 Å². The summed E-state index contributed by atoms with van der Waals surface area (Å²) >= 11 is 7.66. The van der Waals surface area contributed by atoms with Gasteiger partial charge < -0.3 is 15.0 Å². The Morgan fingerprint density at radius 1 is 1.26 bits per heavy atom. The second-order valence-corrected chi connectivity index (χ2v) is 10.1. The van der Waals surface area contributed by atoms with Gasteiger partial charge >= 0.3 is 0 Å². The summed E-state index contributed by atoms with van der Waals surface area (Å²) < 4.78 is 18.9. The molecule has 0 radical (unpaired) electrons. The molecule has 0 aromatic heterocycles. The summed E-state index contributed by atoms with van der Waals surface area (Å²) in [6.45, 7) is 6.84. The van der Waals surface area contributed by atoms with Gasteiger partial charge in [0.2, 0.25) is 11.8 Å². The van der Waals surface area contributed by atoms with Crippen LogP contribution in [0.4, 0.5) is 10.1 Å². The number of benzene rings is 2. The maximum Gasteiger partial charge on any atom is 0.241 e. The highest BCUT2D eigenvalue weighted by Gasteiger charge is 2.39. The van der Waals surface area contributed by atoms with Gasteiger partial charge in [-0.15, -0.1) is 11.8 Å². The second-order valence-electron chi connectivity index (χ2n) is 8.55. The molecule has 2 heterocycles. The number of ether oxygens (including phenoxy) is 1. The van der Waals surface area contributed by atoms with E-state index in [0.29, 0.717) is 12.1 Å². The summed E-state index contributed by atoms with van der Waals surface area (Å²) in [5.74, 6) is -1.22. The highest BCUT2D eigenvalue weighted by molar-refractivity contribution is 8.01. The number of carbonyl (C=O) groups excluding carboxylic acids is 2. The van der Waals surface area contributed by atoms with Gasteiger partial charge in [0, 0.05) is 29.6 Å². The van der Waals surface area contributed by atoms with Gasteiger partial charge in [-0.1, -0.05) is 36.7 Å². The maximum atomic E-state index is 13.5. The molecule has 2 aromatic rings. The highest BCUT2D eigenvalue weighted by Crippen LogP contribution is 2.42. The molecule has 182 valence electrons. The number of rotatable bonds is 8. The van der Waals surface area contributed by atoms with Crippen molar-refractivity contribution < 1.29 is 18.7 Å². The first-order valence-corrected chi connectivity index (χ1v) is 12.8. The van der Waals surface area contributed by atoms with E-state index in [2.05, 4.69) is 10.2 Å². The minimum Gasteiger partial charge on any atom is -0.379 e. The second kappa shape index (κ2) is 11.5. The third kappa shape index (κ3) is 5.92. The van der Waals surface area contributed by atoms with E-state index >= 15 is 0 Å². The first kappa shape index (κ1) is 25.0. The van der Waals surface area contributed by atoms with Crippen molar-refractivity contribution in [3.63, 3.8) is 0 Å². The molecule has 2 aliphatic rings. The van der Waals surface area contributed by atoms with E-state index < -0.39 is 17.0 Å². The number of hydrogen-bond acceptors (Lipinski definition) is 5. The number of thioether (sulfide) groups is 1. The minimum absolute atomic E-state index is 0.132. The van der Waals surface area contributed by atoms with Crippen LogP contribution in [0.3, 0.4) is 0 Å². The molecular formula is C25H29ClFN3O3S. The Morgan fingerprint density at radius 3 is 2.79 bits per heavy atom. The summed E-state index contributed by atoms with van der Waals surface area (Å²) in [4.78, 5) is 31.4. The Kier molecular flexibility index (Phi) is 8.47. The third-order valence-corrected chi connectivity index (χ3v) is 8.00. The molecule has 2 aliphatic heterocycles. The van der Waals surface area contributed by atoms with E-state index in [9.17, 15) is 14.0 Å². The smallest absolute Gasteiger partial charge is 0.241 e. The number of morpholine rings is 1. The molecule has 0 aliphatic carbocycles. The Labute approximate surface area is 208 Å². The van der Waals surface area contributed by atoms with Crippen molar-refractivity contribution in [1.82, 2.24) is 10.2 Å². The molecule has 6 nitrogen and oxygen atoms in total. The number of anilines is 1. The lowest BCUT2D eigenvalue weighted by molar-refractivity contribution is -0.128. The Bertz CT molecular complexity index is 1030. The summed E-state index contributed by atoms with van der Waals surface area (Å²) in [6.07, 6.45) is 0.849. The monoisotopic (exact) mass is 505 g/mol. The van der Waals surface area contributed by atoms with Gasteiger partial charge in [-0.05, 0) is 42.8 Å². The lowest BCUT2D eigenvalue weighted by Crippen LogP contribution is -2.47. The van der Waals surface area contributed by atoms with Crippen molar-refractivity contribution in [3.8, 4) is 0 Å². The van der Waals surface area contributed by atoms with E-state index in [1.165, 1.54) is 23.9 Å². The number of nitrogens with zero attached hydrogens (tertiary/aromatic N) is 2. The van der Waals surface area contributed by atoms with Gasteiger partial charge in [0.1, 0.15) is 11.1 Å². The topological polar surface area (TPSA) is 61.9 Å². The van der Waals surface area contributed by atoms with Crippen molar-refractivity contribution >= 4 is 40.9 Å². The van der Waals surface area contributed by atoms with Crippen molar-refractivity contribution in [2.45, 2.75) is 30.0 Å². The summed E-state index contributed by atoms with van der Waals surface area (Å²) in [5, 5.41) is 2.71. The molecule has 1 fully saturated rings. The largest absolute Gasteiger partial charge is 0.379 e. The molecule has 0 unspecified atom stereocenters. The molecule has 1 saturated heterocycles. The zero-order valence-electron chi connectivity index (χ0n) is 19.1. The SMILES string of the molecule is C[C@@H](C(=O)NCCCN1CCOCC1)[C@H]1Sc2ccccc2N(Cc2ccc(F)cc2Cl)C1=O. The normalized spacial score (nSPS) is 19.6. The molecule has 4 rings (SSSR count). The van der Waals surface area contributed by atoms with Crippen LogP contribution in [-0.4, -0.2) is 61.4 Å². The number of hydrogen-bond donors (Lipinski definition) is 1. The molecule has 2 atom stereocenters. The lowest BCUT2D eigenvalue weighted by Gasteiger charge is -2.36. The van der Waals surface area contributed by atoms with E-state index in [-0.39, 0.29) is 23.4 Å². The van der Waals surface area contributed by atoms with Crippen LogP contribution in [0.15, 0.2) is 47.4 Å². The fraction of sp³-hybridized carbons (Fsp3) is 0.440. The number of nitrogens with one attached hydrogen (secondary N) is 1. The highest BCUT2D eigenvalue weighted by atomic mass is 35.5. The summed E-state index contributed by atoms with van der Waals surface area (Å²) in [7, 11) is 0. The van der Waals surface area contributed by atoms with E-state index in [1.54, 1.807) is 17.9 Å². The van der Waals surface area contributed by atoms with Gasteiger partial charge in [-0.2, -0.15) is 0 Å². The average molecular weight is 506 g/mol. The molecule has 2 amide bonds. The van der Waals surface area contributed by atoms with Crippen LogP contribution in [0.2, 0.25) is 5.02 Å². The van der Waals surface area contributed by atoms with Gasteiger partial charge in [0.25, 0.3) is 0 Å². The van der Waals surface area contributed by atoms with Crippen LogP contribution >= 0.6 is 23.4 Å². The van der Waals surface area contributed by atoms with E-state index in [4.69, 9.17) is 16.3 Å². The van der Waals surface area contributed by atoms with E-state index in [1.807, 2.05) is 24.3 Å². The number of fused-ring (bicyclic) bond motifs is 1. The van der Waals surface area contributed by atoms with Crippen molar-refractivity contribution in [2.24, 2.45) is 5.92 Å². The molecule has 0 saturated carbocycles. The minimum atomic E-state index is -0.562. The van der Waals surface area contributed by atoms with Crippen LogP contribution in [0.25, 0.3) is 0 Å². The summed E-state index contributed by atoms with van der Waals surface area (Å²) in [5.41, 5.74) is 1.42. The van der Waals surface area contributed by atoms with Crippen molar-refractivity contribution in [2.75, 3.05) is 44.3 Å². The first-order valence-electron chi connectivity index (χ1n) is 11.5. The Hall–Kier alpha value is -2.13. The molecule has 0 bridgehead atoms. The zero-order chi connectivity index (χ0) is 24.1. The fourth-order valence-corrected chi connectivity index (χ4v) is 5.69. The number of para-hydroxylation sites is 1. The van der Waals surface area contributed by atoms with E-state index in [0.717, 1.165) is 49.9 Å². The van der Waals surface area contributed by atoms with Gasteiger partial charge in [-0.3, -0.25) is 14.5 Å². The Balaban J connectivity index is 1.42. The first-order chi connectivity index (χ1) is 16.4. The third-order valence-electron chi connectivity index (χ3n) is 6.18. The molecular weight excluding hydrogens is 477 g/mol. The van der Waals surface area contributed by atoms with Crippen molar-refractivity contribution in [1.29, 1.82) is 0 Å². The quantitative estimate of drug-likeness (QED) is 0.550. The average Bonchev–Trinajstić information content (AvgIpc) is 2.84. The zero-order valence-corrected chi connectivity index (χ0v) is 20.7. The van der Waals surface area contributed by atoms with Crippen LogP contribution in [0.1, 0.15) is 18.9 Å². The Morgan fingerprint density at radius 2 is 2.03 bits per heavy atom. The number of halogens is 2. The van der Waals surface area contributed by atoms with Gasteiger partial charge in [-0.25, -0.2) is 4.39 Å². The fourth-order valence-electron chi connectivity index (χ4n) is 4.18. The molecule has 1 N–H and O–H groups in total.